The van der Waals surface area contributed by atoms with Crippen LogP contribution in [-0.4, -0.2) is 39.8 Å². The normalized spacial score (nSPS) is 11.9. The lowest BCUT2D eigenvalue weighted by Crippen LogP contribution is -2.56. The largest absolute Gasteiger partial charge is 0.505 e. The predicted molar refractivity (Wildman–Crippen MR) is 128 cm³/mol. The number of phenolic OH excluding ortho intramolecular Hbond substituents is 1. The van der Waals surface area contributed by atoms with Crippen LogP contribution in [0.1, 0.15) is 10.4 Å². The van der Waals surface area contributed by atoms with Crippen molar-refractivity contribution < 1.29 is 37.6 Å². The summed E-state index contributed by atoms with van der Waals surface area (Å²) in [5.74, 6) is -6.12. The Labute approximate surface area is 216 Å². The number of amides is 2. The molecule has 0 aliphatic carbocycles. The van der Waals surface area contributed by atoms with Crippen LogP contribution in [0.25, 0.3) is 0 Å². The molecular weight excluding hydrogens is 542 g/mol. The van der Waals surface area contributed by atoms with Crippen LogP contribution < -0.4 is 10.2 Å². The van der Waals surface area contributed by atoms with Crippen LogP contribution in [0.2, 0.25) is 10.0 Å². The first-order valence-electron chi connectivity index (χ1n) is 10.0. The standard InChI is InChI=1S/C23H14Cl2F3N3O6/c24-16-10-15(11-17(25)20(16)33)30(22(35)23(26,27)28)18(21(34)29-13-6-2-1-3-7-13)19(32)12-5-4-8-14(9-12)31(36)37/h1-11,18,33H,(H,29,34). The maximum atomic E-state index is 13.7. The van der Waals surface area contributed by atoms with E-state index in [4.69, 9.17) is 23.2 Å². The quantitative estimate of drug-likeness (QED) is 0.174. The molecule has 37 heavy (non-hydrogen) atoms. The maximum absolute atomic E-state index is 13.7. The van der Waals surface area contributed by atoms with Crippen molar-refractivity contribution in [3.63, 3.8) is 0 Å². The van der Waals surface area contributed by atoms with Gasteiger partial charge in [-0.2, -0.15) is 13.2 Å². The number of ketones is 1. The van der Waals surface area contributed by atoms with Gasteiger partial charge in [0.25, 0.3) is 11.6 Å². The molecule has 0 radical (unpaired) electrons. The number of para-hydroxylation sites is 1. The van der Waals surface area contributed by atoms with Crippen LogP contribution in [0, 0.1) is 10.1 Å². The van der Waals surface area contributed by atoms with E-state index in [1.54, 1.807) is 6.07 Å². The Bertz CT molecular complexity index is 1360. The number of nitro groups is 1. The molecule has 0 bridgehead atoms. The average Bonchev–Trinajstić information content (AvgIpc) is 2.84. The molecule has 14 heteroatoms. The van der Waals surface area contributed by atoms with Gasteiger partial charge in [-0.25, -0.2) is 0 Å². The highest BCUT2D eigenvalue weighted by Gasteiger charge is 2.49. The van der Waals surface area contributed by atoms with Gasteiger partial charge in [-0.1, -0.05) is 53.5 Å². The summed E-state index contributed by atoms with van der Waals surface area (Å²) in [6.45, 7) is 0. The summed E-state index contributed by atoms with van der Waals surface area (Å²) in [5, 5.41) is 22.1. The number of hydrogen-bond acceptors (Lipinski definition) is 6. The van der Waals surface area contributed by atoms with Crippen molar-refractivity contribution in [2.24, 2.45) is 0 Å². The van der Waals surface area contributed by atoms with E-state index >= 15 is 0 Å². The van der Waals surface area contributed by atoms with E-state index in [9.17, 15) is 42.8 Å². The number of rotatable bonds is 7. The minimum absolute atomic E-state index is 0.0746. The number of alkyl halides is 3. The van der Waals surface area contributed by atoms with Gasteiger partial charge in [0.05, 0.1) is 15.0 Å². The molecule has 3 aromatic carbocycles. The van der Waals surface area contributed by atoms with Crippen LogP contribution in [0.3, 0.4) is 0 Å². The smallest absolute Gasteiger partial charge is 0.471 e. The van der Waals surface area contributed by atoms with E-state index in [1.165, 1.54) is 24.3 Å². The molecule has 1 unspecified atom stereocenters. The number of nitrogens with one attached hydrogen (secondary N) is 1. The third-order valence-corrected chi connectivity index (χ3v) is 5.46. The molecule has 0 aliphatic heterocycles. The predicted octanol–water partition coefficient (Wildman–Crippen LogP) is 5.39. The molecule has 2 N–H and O–H groups in total. The first-order chi connectivity index (χ1) is 17.3. The number of non-ortho nitro benzene ring substituents is 1. The number of hydrogen-bond donors (Lipinski definition) is 2. The number of Topliss-reactive ketones (excluding diaryl/α,β-unsaturated/α-hetero) is 1. The molecule has 0 saturated carbocycles. The van der Waals surface area contributed by atoms with Crippen molar-refractivity contribution >= 4 is 57.9 Å². The minimum atomic E-state index is -5.59. The van der Waals surface area contributed by atoms with Gasteiger partial charge in [-0.3, -0.25) is 29.4 Å². The van der Waals surface area contributed by atoms with Gasteiger partial charge in [0.1, 0.15) is 0 Å². The Morgan fingerprint density at radius 3 is 2.11 bits per heavy atom. The molecule has 3 rings (SSSR count). The van der Waals surface area contributed by atoms with E-state index in [1.807, 2.05) is 0 Å². The maximum Gasteiger partial charge on any atom is 0.471 e. The Balaban J connectivity index is 2.25. The summed E-state index contributed by atoms with van der Waals surface area (Å²) < 4.78 is 41.1. The number of carbonyl (C=O) groups excluding carboxylic acids is 3. The summed E-state index contributed by atoms with van der Waals surface area (Å²) in [4.78, 5) is 49.5. The Morgan fingerprint density at radius 1 is 0.973 bits per heavy atom. The van der Waals surface area contributed by atoms with Crippen LogP contribution in [0.4, 0.5) is 30.2 Å². The molecule has 192 valence electrons. The number of benzene rings is 3. The first kappa shape index (κ1) is 27.4. The van der Waals surface area contributed by atoms with Crippen molar-refractivity contribution in [1.29, 1.82) is 0 Å². The molecular formula is C23H14Cl2F3N3O6. The molecule has 1 atom stereocenters. The molecule has 2 amide bonds. The number of nitro benzene ring substituents is 1. The fourth-order valence-corrected chi connectivity index (χ4v) is 3.70. The van der Waals surface area contributed by atoms with E-state index in [0.717, 1.165) is 24.3 Å². The summed E-state index contributed by atoms with van der Waals surface area (Å²) in [6, 6.07) is 10.1. The average molecular weight is 556 g/mol. The first-order valence-corrected chi connectivity index (χ1v) is 10.8. The summed E-state index contributed by atoms with van der Waals surface area (Å²) >= 11 is 11.7. The number of aromatic hydroxyl groups is 1. The number of carbonyl (C=O) groups is 3. The molecule has 0 heterocycles. The van der Waals surface area contributed by atoms with Gasteiger partial charge in [0, 0.05) is 29.1 Å². The Hall–Kier alpha value is -4.16. The Kier molecular flexibility index (Phi) is 8.04. The fraction of sp³-hybridized carbons (Fsp3) is 0.0870. The van der Waals surface area contributed by atoms with Crippen LogP contribution >= 0.6 is 23.2 Å². The van der Waals surface area contributed by atoms with Gasteiger partial charge in [0.2, 0.25) is 0 Å². The SMILES string of the molecule is O=C(Nc1ccccc1)C(C(=O)c1cccc([N+](=O)[O-])c1)N(C(=O)C(F)(F)F)c1cc(Cl)c(O)c(Cl)c1. The van der Waals surface area contributed by atoms with Crippen molar-refractivity contribution in [2.45, 2.75) is 12.2 Å². The van der Waals surface area contributed by atoms with Crippen molar-refractivity contribution in [3.05, 3.63) is 92.5 Å². The number of phenols is 1. The second kappa shape index (κ2) is 10.8. The van der Waals surface area contributed by atoms with Crippen molar-refractivity contribution in [2.75, 3.05) is 10.2 Å². The summed E-state index contributed by atoms with van der Waals surface area (Å²) in [7, 11) is 0. The highest BCUT2D eigenvalue weighted by atomic mass is 35.5. The van der Waals surface area contributed by atoms with Gasteiger partial charge in [-0.15, -0.1) is 0 Å². The van der Waals surface area contributed by atoms with E-state index < -0.39 is 67.5 Å². The van der Waals surface area contributed by atoms with Crippen LogP contribution in [0.15, 0.2) is 66.7 Å². The molecule has 9 nitrogen and oxygen atoms in total. The molecule has 0 aliphatic rings. The monoisotopic (exact) mass is 555 g/mol. The number of nitrogens with zero attached hydrogens (tertiary/aromatic N) is 2. The van der Waals surface area contributed by atoms with E-state index in [-0.39, 0.29) is 10.6 Å². The molecule has 0 aromatic heterocycles. The highest BCUT2D eigenvalue weighted by Crippen LogP contribution is 2.38. The molecule has 0 saturated heterocycles. The lowest BCUT2D eigenvalue weighted by molar-refractivity contribution is -0.384. The van der Waals surface area contributed by atoms with Gasteiger partial charge >= 0.3 is 12.1 Å². The molecule has 0 spiro atoms. The van der Waals surface area contributed by atoms with Gasteiger partial charge in [-0.05, 0) is 24.3 Å². The third kappa shape index (κ3) is 6.16. The topological polar surface area (TPSA) is 130 Å². The number of anilines is 2. The minimum Gasteiger partial charge on any atom is -0.505 e. The molecule has 3 aromatic rings. The third-order valence-electron chi connectivity index (χ3n) is 4.88. The van der Waals surface area contributed by atoms with E-state index in [0.29, 0.717) is 12.1 Å². The van der Waals surface area contributed by atoms with Gasteiger partial charge < -0.3 is 10.4 Å². The zero-order valence-corrected chi connectivity index (χ0v) is 19.7. The summed E-state index contributed by atoms with van der Waals surface area (Å²) in [6.07, 6.45) is -5.59. The zero-order chi connectivity index (χ0) is 27.5. The number of halogens is 5. The lowest BCUT2D eigenvalue weighted by Gasteiger charge is -2.31. The van der Waals surface area contributed by atoms with Crippen LogP contribution in [-0.2, 0) is 9.59 Å². The zero-order valence-electron chi connectivity index (χ0n) is 18.2. The van der Waals surface area contributed by atoms with Crippen LogP contribution in [0.5, 0.6) is 5.75 Å². The lowest BCUT2D eigenvalue weighted by atomic mass is 10.00. The van der Waals surface area contributed by atoms with Crippen molar-refractivity contribution in [3.8, 4) is 5.75 Å². The second-order valence-electron chi connectivity index (χ2n) is 7.36. The second-order valence-corrected chi connectivity index (χ2v) is 8.17. The van der Waals surface area contributed by atoms with Gasteiger partial charge in [0.15, 0.2) is 17.6 Å². The summed E-state index contributed by atoms with van der Waals surface area (Å²) in [5.41, 5.74) is -1.79. The van der Waals surface area contributed by atoms with E-state index in [2.05, 4.69) is 5.32 Å². The fourth-order valence-electron chi connectivity index (χ4n) is 3.23. The highest BCUT2D eigenvalue weighted by molar-refractivity contribution is 6.37. The molecule has 0 fully saturated rings. The van der Waals surface area contributed by atoms with Crippen molar-refractivity contribution in [1.82, 2.24) is 0 Å². The Morgan fingerprint density at radius 2 is 1.57 bits per heavy atom.